The summed E-state index contributed by atoms with van der Waals surface area (Å²) in [4.78, 5) is 15.7. The third-order valence-electron chi connectivity index (χ3n) is 3.15. The molecular weight excluding hydrogens is 242 g/mol. The van der Waals surface area contributed by atoms with Crippen LogP contribution in [0.5, 0.6) is 5.88 Å². The van der Waals surface area contributed by atoms with Crippen LogP contribution in [0, 0.1) is 13.8 Å². The Morgan fingerprint density at radius 2 is 2.11 bits per heavy atom. The lowest BCUT2D eigenvalue weighted by Gasteiger charge is -2.11. The van der Waals surface area contributed by atoms with Crippen LogP contribution in [-0.4, -0.2) is 22.7 Å². The number of nitrogens with zero attached hydrogens (tertiary/aromatic N) is 1. The number of aryl methyl sites for hydroxylation is 2. The van der Waals surface area contributed by atoms with Crippen LogP contribution in [0.1, 0.15) is 34.8 Å². The van der Waals surface area contributed by atoms with E-state index in [1.807, 2.05) is 32.9 Å². The number of ether oxygens (including phenoxy) is 1. The molecule has 0 aliphatic carbocycles. The Hall–Kier alpha value is -2.10. The van der Waals surface area contributed by atoms with Gasteiger partial charge in [-0.15, -0.1) is 0 Å². The number of hydrogen-bond donors (Lipinski definition) is 1. The normalized spacial score (nSPS) is 10.7. The Morgan fingerprint density at radius 1 is 1.37 bits per heavy atom. The van der Waals surface area contributed by atoms with E-state index in [1.54, 1.807) is 6.07 Å². The van der Waals surface area contributed by atoms with E-state index in [1.165, 1.54) is 0 Å². The summed E-state index contributed by atoms with van der Waals surface area (Å²) in [6.45, 7) is 6.42. The lowest BCUT2D eigenvalue weighted by atomic mass is 10.0. The van der Waals surface area contributed by atoms with Gasteiger partial charge in [0, 0.05) is 5.39 Å². The van der Waals surface area contributed by atoms with Gasteiger partial charge < -0.3 is 9.84 Å². The van der Waals surface area contributed by atoms with Crippen molar-refractivity contribution in [1.82, 2.24) is 4.98 Å². The van der Waals surface area contributed by atoms with Gasteiger partial charge in [0.1, 0.15) is 5.56 Å². The molecule has 0 spiro atoms. The minimum Gasteiger partial charge on any atom is -0.477 e. The molecule has 0 saturated carbocycles. The second-order valence-electron chi connectivity index (χ2n) is 4.57. The SMILES string of the molecule is CCCOc1nc2c(C)c(C)ccc2cc1C(=O)O. The molecule has 0 saturated heterocycles. The monoisotopic (exact) mass is 259 g/mol. The summed E-state index contributed by atoms with van der Waals surface area (Å²) in [5.41, 5.74) is 3.10. The molecule has 100 valence electrons. The average molecular weight is 259 g/mol. The first kappa shape index (κ1) is 13.3. The first-order chi connectivity index (χ1) is 9.04. The lowest BCUT2D eigenvalue weighted by molar-refractivity contribution is 0.0691. The predicted molar refractivity (Wildman–Crippen MR) is 74.0 cm³/mol. The Balaban J connectivity index is 2.66. The minimum atomic E-state index is -1.02. The fourth-order valence-corrected chi connectivity index (χ4v) is 1.93. The number of carboxylic acid groups (broad SMARTS) is 1. The molecule has 0 fully saturated rings. The number of carbonyl (C=O) groups is 1. The highest BCUT2D eigenvalue weighted by atomic mass is 16.5. The van der Waals surface area contributed by atoms with Gasteiger partial charge in [-0.3, -0.25) is 0 Å². The molecule has 0 atom stereocenters. The summed E-state index contributed by atoms with van der Waals surface area (Å²) >= 11 is 0. The predicted octanol–water partition coefficient (Wildman–Crippen LogP) is 3.34. The molecule has 2 rings (SSSR count). The van der Waals surface area contributed by atoms with Gasteiger partial charge in [0.15, 0.2) is 0 Å². The summed E-state index contributed by atoms with van der Waals surface area (Å²) in [7, 11) is 0. The topological polar surface area (TPSA) is 59.4 Å². The van der Waals surface area contributed by atoms with Crippen LogP contribution in [0.15, 0.2) is 18.2 Å². The number of aromatic carboxylic acids is 1. The largest absolute Gasteiger partial charge is 0.477 e. The van der Waals surface area contributed by atoms with Gasteiger partial charge in [0.05, 0.1) is 12.1 Å². The van der Waals surface area contributed by atoms with E-state index in [2.05, 4.69) is 4.98 Å². The first-order valence-electron chi connectivity index (χ1n) is 6.31. The van der Waals surface area contributed by atoms with Crippen molar-refractivity contribution in [2.24, 2.45) is 0 Å². The second-order valence-corrected chi connectivity index (χ2v) is 4.57. The number of benzene rings is 1. The lowest BCUT2D eigenvalue weighted by Crippen LogP contribution is -2.06. The number of fused-ring (bicyclic) bond motifs is 1. The summed E-state index contributed by atoms with van der Waals surface area (Å²) < 4.78 is 5.46. The molecule has 0 radical (unpaired) electrons. The maximum atomic E-state index is 11.3. The van der Waals surface area contributed by atoms with Crippen LogP contribution >= 0.6 is 0 Å². The van der Waals surface area contributed by atoms with Crippen molar-refractivity contribution in [2.45, 2.75) is 27.2 Å². The summed E-state index contributed by atoms with van der Waals surface area (Å²) in [5, 5.41) is 10.1. The van der Waals surface area contributed by atoms with Gasteiger partial charge in [-0.25, -0.2) is 9.78 Å². The third-order valence-corrected chi connectivity index (χ3v) is 3.15. The zero-order valence-electron chi connectivity index (χ0n) is 11.4. The fraction of sp³-hybridized carbons (Fsp3) is 0.333. The minimum absolute atomic E-state index is 0.115. The van der Waals surface area contributed by atoms with Crippen molar-refractivity contribution >= 4 is 16.9 Å². The van der Waals surface area contributed by atoms with Crippen LogP contribution in [0.2, 0.25) is 0 Å². The molecule has 1 heterocycles. The Labute approximate surface area is 112 Å². The highest BCUT2D eigenvalue weighted by Crippen LogP contribution is 2.26. The Morgan fingerprint density at radius 3 is 2.74 bits per heavy atom. The number of carboxylic acids is 1. The maximum Gasteiger partial charge on any atom is 0.341 e. The van der Waals surface area contributed by atoms with Gasteiger partial charge >= 0.3 is 5.97 Å². The zero-order valence-corrected chi connectivity index (χ0v) is 11.4. The van der Waals surface area contributed by atoms with Crippen molar-refractivity contribution in [3.05, 3.63) is 34.9 Å². The van der Waals surface area contributed by atoms with Crippen molar-refractivity contribution in [3.63, 3.8) is 0 Å². The number of aromatic nitrogens is 1. The molecule has 19 heavy (non-hydrogen) atoms. The average Bonchev–Trinajstić information content (AvgIpc) is 2.40. The second kappa shape index (κ2) is 5.26. The fourth-order valence-electron chi connectivity index (χ4n) is 1.93. The number of rotatable bonds is 4. The summed E-state index contributed by atoms with van der Waals surface area (Å²) in [6, 6.07) is 5.49. The number of pyridine rings is 1. The molecule has 0 aliphatic heterocycles. The highest BCUT2D eigenvalue weighted by Gasteiger charge is 2.15. The molecular formula is C15H17NO3. The summed E-state index contributed by atoms with van der Waals surface area (Å²) in [6.07, 6.45) is 0.811. The van der Waals surface area contributed by atoms with Gasteiger partial charge in [-0.2, -0.15) is 0 Å². The van der Waals surface area contributed by atoms with Crippen LogP contribution in [-0.2, 0) is 0 Å². The van der Waals surface area contributed by atoms with Gasteiger partial charge in [0.2, 0.25) is 5.88 Å². The third kappa shape index (κ3) is 2.52. The quantitative estimate of drug-likeness (QED) is 0.914. The smallest absolute Gasteiger partial charge is 0.341 e. The number of hydrogen-bond acceptors (Lipinski definition) is 3. The van der Waals surface area contributed by atoms with E-state index in [0.717, 1.165) is 28.5 Å². The van der Waals surface area contributed by atoms with Gasteiger partial charge in [0.25, 0.3) is 0 Å². The van der Waals surface area contributed by atoms with Crippen LogP contribution < -0.4 is 4.74 Å². The van der Waals surface area contributed by atoms with Crippen molar-refractivity contribution < 1.29 is 14.6 Å². The van der Waals surface area contributed by atoms with E-state index in [4.69, 9.17) is 4.74 Å². The molecule has 0 amide bonds. The van der Waals surface area contributed by atoms with Crippen LogP contribution in [0.4, 0.5) is 0 Å². The van der Waals surface area contributed by atoms with E-state index in [-0.39, 0.29) is 11.4 Å². The van der Waals surface area contributed by atoms with Crippen molar-refractivity contribution in [3.8, 4) is 5.88 Å². The van der Waals surface area contributed by atoms with E-state index in [9.17, 15) is 9.90 Å². The molecule has 0 bridgehead atoms. The van der Waals surface area contributed by atoms with Crippen LogP contribution in [0.3, 0.4) is 0 Å². The Bertz CT molecular complexity index is 635. The molecule has 0 aliphatic rings. The molecule has 4 nitrogen and oxygen atoms in total. The molecule has 1 N–H and O–H groups in total. The van der Waals surface area contributed by atoms with Gasteiger partial charge in [-0.05, 0) is 37.5 Å². The molecule has 1 aromatic heterocycles. The first-order valence-corrected chi connectivity index (χ1v) is 6.31. The van der Waals surface area contributed by atoms with Crippen LogP contribution in [0.25, 0.3) is 10.9 Å². The molecule has 2 aromatic rings. The van der Waals surface area contributed by atoms with Crippen molar-refractivity contribution in [2.75, 3.05) is 6.61 Å². The van der Waals surface area contributed by atoms with E-state index < -0.39 is 5.97 Å². The van der Waals surface area contributed by atoms with E-state index >= 15 is 0 Å². The highest BCUT2D eigenvalue weighted by molar-refractivity contribution is 5.96. The maximum absolute atomic E-state index is 11.3. The van der Waals surface area contributed by atoms with Gasteiger partial charge in [-0.1, -0.05) is 19.1 Å². The Kier molecular flexibility index (Phi) is 3.69. The molecule has 1 aromatic carbocycles. The molecule has 0 unspecified atom stereocenters. The van der Waals surface area contributed by atoms with Crippen molar-refractivity contribution in [1.29, 1.82) is 0 Å². The zero-order chi connectivity index (χ0) is 14.0. The standard InChI is InChI=1S/C15H17NO3/c1-4-7-19-14-12(15(17)18)8-11-6-5-9(2)10(3)13(11)16-14/h5-6,8H,4,7H2,1-3H3,(H,17,18). The summed E-state index contributed by atoms with van der Waals surface area (Å²) in [5.74, 6) is -0.811. The molecule has 4 heteroatoms. The van der Waals surface area contributed by atoms with E-state index in [0.29, 0.717) is 6.61 Å².